The molecule has 0 aliphatic carbocycles. The van der Waals surface area contributed by atoms with Crippen LogP contribution in [-0.2, 0) is 0 Å². The van der Waals surface area contributed by atoms with Gasteiger partial charge in [-0.2, -0.15) is 4.98 Å². The Kier molecular flexibility index (Phi) is 1.87. The molecule has 0 radical (unpaired) electrons. The third-order valence-corrected chi connectivity index (χ3v) is 1.75. The molecule has 0 unspecified atom stereocenters. The van der Waals surface area contributed by atoms with Crippen molar-refractivity contribution in [2.45, 2.75) is 0 Å². The van der Waals surface area contributed by atoms with E-state index in [0.29, 0.717) is 4.60 Å². The second-order valence-corrected chi connectivity index (χ2v) is 2.42. The minimum Gasteiger partial charge on any atom is -0.492 e. The van der Waals surface area contributed by atoms with Crippen LogP contribution in [0, 0.1) is 0 Å². The molecule has 0 atom stereocenters. The van der Waals surface area contributed by atoms with Gasteiger partial charge in [0.05, 0.1) is 6.20 Å². The first-order valence-electron chi connectivity index (χ1n) is 2.07. The lowest BCUT2D eigenvalue weighted by molar-refractivity contribution is 0.450. The van der Waals surface area contributed by atoms with E-state index in [1.807, 2.05) is 0 Å². The van der Waals surface area contributed by atoms with Crippen molar-refractivity contribution in [3.05, 3.63) is 16.0 Å². The molecule has 5 heteroatoms. The van der Waals surface area contributed by atoms with Crippen LogP contribution in [0.15, 0.2) is 10.8 Å². The standard InChI is InChI=1S/C4H2BrClN2O/c5-3-4(6)8-2(9)1-7-3/h1H,(H,8,9). The molecule has 0 aliphatic heterocycles. The lowest BCUT2D eigenvalue weighted by Crippen LogP contribution is -1.80. The van der Waals surface area contributed by atoms with Crippen molar-refractivity contribution in [2.24, 2.45) is 0 Å². The van der Waals surface area contributed by atoms with Gasteiger partial charge < -0.3 is 5.11 Å². The van der Waals surface area contributed by atoms with Crippen molar-refractivity contribution >= 4 is 27.5 Å². The van der Waals surface area contributed by atoms with Gasteiger partial charge in [0.15, 0.2) is 5.15 Å². The van der Waals surface area contributed by atoms with E-state index in [2.05, 4.69) is 25.9 Å². The fraction of sp³-hybridized carbons (Fsp3) is 0. The minimum atomic E-state index is -0.178. The molecule has 1 rings (SSSR count). The monoisotopic (exact) mass is 208 g/mol. The van der Waals surface area contributed by atoms with Crippen LogP contribution in [0.3, 0.4) is 0 Å². The number of halogens is 2. The Morgan fingerprint density at radius 3 is 2.78 bits per heavy atom. The number of hydrogen-bond donors (Lipinski definition) is 1. The zero-order chi connectivity index (χ0) is 6.85. The first-order valence-corrected chi connectivity index (χ1v) is 3.24. The molecule has 0 amide bonds. The van der Waals surface area contributed by atoms with Crippen molar-refractivity contribution in [1.29, 1.82) is 0 Å². The molecular formula is C4H2BrClN2O. The Morgan fingerprint density at radius 1 is 1.67 bits per heavy atom. The number of aromatic nitrogens is 2. The quantitative estimate of drug-likeness (QED) is 0.706. The summed E-state index contributed by atoms with van der Waals surface area (Å²) in [5, 5.41) is 8.82. The summed E-state index contributed by atoms with van der Waals surface area (Å²) in [6.45, 7) is 0. The molecular weight excluding hydrogens is 207 g/mol. The topological polar surface area (TPSA) is 46.0 Å². The third kappa shape index (κ3) is 1.53. The van der Waals surface area contributed by atoms with Crippen LogP contribution in [0.5, 0.6) is 5.88 Å². The highest BCUT2D eigenvalue weighted by atomic mass is 79.9. The molecule has 1 heterocycles. The molecule has 3 nitrogen and oxygen atoms in total. The van der Waals surface area contributed by atoms with Gasteiger partial charge in [0.1, 0.15) is 4.60 Å². The maximum absolute atomic E-state index is 8.66. The minimum absolute atomic E-state index is 0.162. The Hall–Kier alpha value is -0.350. The second-order valence-electron chi connectivity index (χ2n) is 1.31. The van der Waals surface area contributed by atoms with Crippen molar-refractivity contribution < 1.29 is 5.11 Å². The highest BCUT2D eigenvalue weighted by molar-refractivity contribution is 9.10. The SMILES string of the molecule is Oc1cnc(Br)c(Cl)n1. The van der Waals surface area contributed by atoms with E-state index in [0.717, 1.165) is 0 Å². The van der Waals surface area contributed by atoms with Crippen molar-refractivity contribution in [3.63, 3.8) is 0 Å². The molecule has 1 aromatic rings. The summed E-state index contributed by atoms with van der Waals surface area (Å²) in [5.41, 5.74) is 0. The first-order chi connectivity index (χ1) is 4.20. The van der Waals surface area contributed by atoms with Crippen LogP contribution >= 0.6 is 27.5 Å². The Morgan fingerprint density at radius 2 is 2.33 bits per heavy atom. The Balaban J connectivity index is 3.17. The van der Waals surface area contributed by atoms with Gasteiger partial charge in [-0.25, -0.2) is 4.98 Å². The summed E-state index contributed by atoms with van der Waals surface area (Å²) >= 11 is 8.45. The maximum Gasteiger partial charge on any atom is 0.231 e. The van der Waals surface area contributed by atoms with Gasteiger partial charge >= 0.3 is 0 Å². The number of rotatable bonds is 0. The van der Waals surface area contributed by atoms with E-state index in [1.165, 1.54) is 6.20 Å². The molecule has 48 valence electrons. The molecule has 1 N–H and O–H groups in total. The Labute approximate surface area is 64.8 Å². The molecule has 0 fully saturated rings. The fourth-order valence-corrected chi connectivity index (χ4v) is 0.670. The van der Waals surface area contributed by atoms with Crippen LogP contribution in [0.4, 0.5) is 0 Å². The summed E-state index contributed by atoms with van der Waals surface area (Å²) in [5.74, 6) is -0.178. The summed E-state index contributed by atoms with van der Waals surface area (Å²) in [6, 6.07) is 0. The number of nitrogens with zero attached hydrogens (tertiary/aromatic N) is 2. The first kappa shape index (κ1) is 6.77. The zero-order valence-corrected chi connectivity index (χ0v) is 6.52. The highest BCUT2D eigenvalue weighted by Gasteiger charge is 1.98. The highest BCUT2D eigenvalue weighted by Crippen LogP contribution is 2.18. The van der Waals surface area contributed by atoms with E-state index in [9.17, 15) is 0 Å². The van der Waals surface area contributed by atoms with Crippen LogP contribution in [-0.4, -0.2) is 15.1 Å². The van der Waals surface area contributed by atoms with Gasteiger partial charge in [-0.3, -0.25) is 0 Å². The summed E-state index contributed by atoms with van der Waals surface area (Å²) < 4.78 is 0.432. The normalized spacial score (nSPS) is 9.56. The maximum atomic E-state index is 8.66. The number of aromatic hydroxyl groups is 1. The van der Waals surface area contributed by atoms with Crippen LogP contribution < -0.4 is 0 Å². The lowest BCUT2D eigenvalue weighted by atomic mass is 10.7. The van der Waals surface area contributed by atoms with Gasteiger partial charge in [-0.1, -0.05) is 11.6 Å². The molecule has 0 saturated heterocycles. The fourth-order valence-electron chi connectivity index (χ4n) is 0.343. The van der Waals surface area contributed by atoms with Crippen LogP contribution in [0.2, 0.25) is 5.15 Å². The predicted molar refractivity (Wildman–Crippen MR) is 36.4 cm³/mol. The van der Waals surface area contributed by atoms with E-state index < -0.39 is 0 Å². The lowest BCUT2D eigenvalue weighted by Gasteiger charge is -1.91. The van der Waals surface area contributed by atoms with Crippen molar-refractivity contribution in [3.8, 4) is 5.88 Å². The summed E-state index contributed by atoms with van der Waals surface area (Å²) in [6.07, 6.45) is 1.20. The van der Waals surface area contributed by atoms with Gasteiger partial charge in [0.2, 0.25) is 5.88 Å². The Bertz CT molecular complexity index is 230. The summed E-state index contributed by atoms with van der Waals surface area (Å²) in [4.78, 5) is 7.14. The van der Waals surface area contributed by atoms with E-state index >= 15 is 0 Å². The van der Waals surface area contributed by atoms with Gasteiger partial charge in [0.25, 0.3) is 0 Å². The average Bonchev–Trinajstić information content (AvgIpc) is 1.80. The van der Waals surface area contributed by atoms with E-state index in [1.54, 1.807) is 0 Å². The molecule has 0 spiro atoms. The average molecular weight is 209 g/mol. The van der Waals surface area contributed by atoms with Gasteiger partial charge in [-0.15, -0.1) is 0 Å². The molecule has 0 saturated carbocycles. The van der Waals surface area contributed by atoms with Gasteiger partial charge in [0, 0.05) is 0 Å². The smallest absolute Gasteiger partial charge is 0.231 e. The zero-order valence-electron chi connectivity index (χ0n) is 4.17. The summed E-state index contributed by atoms with van der Waals surface area (Å²) in [7, 11) is 0. The second kappa shape index (κ2) is 2.49. The molecule has 1 aromatic heterocycles. The van der Waals surface area contributed by atoms with Crippen molar-refractivity contribution in [2.75, 3.05) is 0 Å². The largest absolute Gasteiger partial charge is 0.492 e. The van der Waals surface area contributed by atoms with Crippen molar-refractivity contribution in [1.82, 2.24) is 9.97 Å². The van der Waals surface area contributed by atoms with Crippen LogP contribution in [0.1, 0.15) is 0 Å². The molecule has 0 bridgehead atoms. The number of hydrogen-bond acceptors (Lipinski definition) is 3. The van der Waals surface area contributed by atoms with Gasteiger partial charge in [-0.05, 0) is 15.9 Å². The van der Waals surface area contributed by atoms with Crippen LogP contribution in [0.25, 0.3) is 0 Å². The molecule has 9 heavy (non-hydrogen) atoms. The van der Waals surface area contributed by atoms with E-state index in [4.69, 9.17) is 16.7 Å². The predicted octanol–water partition coefficient (Wildman–Crippen LogP) is 1.60. The third-order valence-electron chi connectivity index (χ3n) is 0.676. The van der Waals surface area contributed by atoms with E-state index in [-0.39, 0.29) is 11.0 Å². The molecule has 0 aromatic carbocycles. The molecule has 0 aliphatic rings.